The quantitative estimate of drug-likeness (QED) is 0.372. The fourth-order valence-corrected chi connectivity index (χ4v) is 3.56. The van der Waals surface area contributed by atoms with Gasteiger partial charge in [-0.2, -0.15) is 5.26 Å². The van der Waals surface area contributed by atoms with Crippen molar-refractivity contribution in [3.63, 3.8) is 0 Å². The van der Waals surface area contributed by atoms with Crippen molar-refractivity contribution >= 4 is 17.7 Å². The molecule has 3 aromatic carbocycles. The number of hydrogen-bond donors (Lipinski definition) is 1. The molecule has 0 aliphatic heterocycles. The summed E-state index contributed by atoms with van der Waals surface area (Å²) in [6.45, 7) is 6.55. The van der Waals surface area contributed by atoms with Gasteiger partial charge in [0, 0.05) is 6.42 Å². The van der Waals surface area contributed by atoms with Crippen molar-refractivity contribution in [1.82, 2.24) is 0 Å². The molecule has 1 amide bonds. The highest BCUT2D eigenvalue weighted by molar-refractivity contribution is 6.09. The van der Waals surface area contributed by atoms with E-state index >= 15 is 0 Å². The Bertz CT molecular complexity index is 1190. The molecule has 0 aliphatic carbocycles. The topological polar surface area (TPSA) is 62.1 Å². The van der Waals surface area contributed by atoms with Crippen LogP contribution in [0.5, 0.6) is 5.75 Å². The van der Waals surface area contributed by atoms with Crippen molar-refractivity contribution in [2.75, 3.05) is 11.9 Å². The number of carbonyl (C=O) groups excluding carboxylic acids is 1. The first-order valence-electron chi connectivity index (χ1n) is 10.4. The predicted molar refractivity (Wildman–Crippen MR) is 125 cm³/mol. The van der Waals surface area contributed by atoms with Gasteiger partial charge in [0.1, 0.15) is 23.2 Å². The lowest BCUT2D eigenvalue weighted by Crippen LogP contribution is -2.14. The summed E-state index contributed by atoms with van der Waals surface area (Å²) in [4.78, 5) is 12.5. The molecule has 0 aromatic heterocycles. The molecule has 1 N–H and O–H groups in total. The smallest absolute Gasteiger partial charge is 0.266 e. The third-order valence-corrected chi connectivity index (χ3v) is 4.87. The fraction of sp³-hybridized carbons (Fsp3) is 0.185. The zero-order valence-electron chi connectivity index (χ0n) is 18.4. The van der Waals surface area contributed by atoms with Gasteiger partial charge < -0.3 is 10.1 Å². The average Bonchev–Trinajstić information content (AvgIpc) is 2.74. The van der Waals surface area contributed by atoms with Gasteiger partial charge in [-0.15, -0.1) is 0 Å². The van der Waals surface area contributed by atoms with E-state index in [2.05, 4.69) is 37.4 Å². The van der Waals surface area contributed by atoms with Gasteiger partial charge in [-0.3, -0.25) is 4.79 Å². The van der Waals surface area contributed by atoms with Gasteiger partial charge in [0.2, 0.25) is 0 Å². The van der Waals surface area contributed by atoms with Crippen molar-refractivity contribution in [1.29, 1.82) is 5.26 Å². The fourth-order valence-electron chi connectivity index (χ4n) is 3.56. The largest absolute Gasteiger partial charge is 0.494 e. The van der Waals surface area contributed by atoms with E-state index in [1.54, 1.807) is 6.07 Å². The second-order valence-electron chi connectivity index (χ2n) is 7.58. The third kappa shape index (κ3) is 5.83. The standard InChI is InChI=1S/C27H25FN2O2/c1-4-32-26-16-20(9-10-22(26)15-21-12-18(2)11-19(3)13-21)14-23(17-29)27(31)30-25-8-6-5-7-24(25)28/h5-14,16H,4,15H2,1-3H3,(H,30,31)/b23-14+. The number of benzene rings is 3. The molecule has 0 fully saturated rings. The minimum absolute atomic E-state index is 0.0254. The number of nitriles is 1. The molecule has 0 saturated carbocycles. The number of hydrogen-bond acceptors (Lipinski definition) is 3. The van der Waals surface area contributed by atoms with Crippen LogP contribution in [-0.4, -0.2) is 12.5 Å². The van der Waals surface area contributed by atoms with Gasteiger partial charge in [0.15, 0.2) is 0 Å². The zero-order chi connectivity index (χ0) is 23.1. The molecule has 0 aliphatic rings. The Hall–Kier alpha value is -3.91. The molecule has 4 nitrogen and oxygen atoms in total. The highest BCUT2D eigenvalue weighted by atomic mass is 19.1. The summed E-state index contributed by atoms with van der Waals surface area (Å²) in [6.07, 6.45) is 2.18. The lowest BCUT2D eigenvalue weighted by atomic mass is 9.98. The Morgan fingerprint density at radius 1 is 1.09 bits per heavy atom. The summed E-state index contributed by atoms with van der Waals surface area (Å²) in [5.74, 6) is -0.533. The van der Waals surface area contributed by atoms with Crippen LogP contribution in [0.25, 0.3) is 6.08 Å². The molecular formula is C27H25FN2O2. The van der Waals surface area contributed by atoms with E-state index in [4.69, 9.17) is 4.74 Å². The van der Waals surface area contributed by atoms with Crippen molar-refractivity contribution in [2.24, 2.45) is 0 Å². The van der Waals surface area contributed by atoms with Crippen molar-refractivity contribution < 1.29 is 13.9 Å². The summed E-state index contributed by atoms with van der Waals surface area (Å²) >= 11 is 0. The van der Waals surface area contributed by atoms with Crippen LogP contribution in [0.15, 0.2) is 66.2 Å². The Kier molecular flexibility index (Phi) is 7.41. The number of amides is 1. The molecule has 162 valence electrons. The molecule has 0 radical (unpaired) electrons. The van der Waals surface area contributed by atoms with Gasteiger partial charge in [0.05, 0.1) is 12.3 Å². The van der Waals surface area contributed by atoms with Crippen molar-refractivity contribution in [3.8, 4) is 11.8 Å². The number of nitrogens with zero attached hydrogens (tertiary/aromatic N) is 1. The molecule has 3 aromatic rings. The number of halogens is 1. The SMILES string of the molecule is CCOc1cc(/C=C(\C#N)C(=O)Nc2ccccc2F)ccc1Cc1cc(C)cc(C)c1. The second kappa shape index (κ2) is 10.4. The molecule has 5 heteroatoms. The maximum absolute atomic E-state index is 13.8. The molecular weight excluding hydrogens is 403 g/mol. The van der Waals surface area contributed by atoms with Crippen LogP contribution < -0.4 is 10.1 Å². The first-order valence-corrected chi connectivity index (χ1v) is 10.4. The molecule has 0 bridgehead atoms. The van der Waals surface area contributed by atoms with Gasteiger partial charge >= 0.3 is 0 Å². The number of rotatable bonds is 7. The minimum atomic E-state index is -0.671. The van der Waals surface area contributed by atoms with E-state index in [0.717, 1.165) is 5.56 Å². The van der Waals surface area contributed by atoms with E-state index < -0.39 is 11.7 Å². The summed E-state index contributed by atoms with van der Waals surface area (Å²) in [5, 5.41) is 11.9. The molecule has 0 saturated heterocycles. The summed E-state index contributed by atoms with van der Waals surface area (Å²) in [6, 6.07) is 19.8. The van der Waals surface area contributed by atoms with E-state index in [1.807, 2.05) is 31.2 Å². The Balaban J connectivity index is 1.87. The number of ether oxygens (including phenoxy) is 1. The van der Waals surface area contributed by atoms with Crippen LogP contribution in [0.3, 0.4) is 0 Å². The van der Waals surface area contributed by atoms with Gasteiger partial charge in [-0.25, -0.2) is 4.39 Å². The number of nitrogens with one attached hydrogen (secondary N) is 1. The zero-order valence-corrected chi connectivity index (χ0v) is 18.4. The van der Waals surface area contributed by atoms with Crippen LogP contribution >= 0.6 is 0 Å². The van der Waals surface area contributed by atoms with Gasteiger partial charge in [-0.05, 0) is 61.7 Å². The number of carbonyl (C=O) groups is 1. The molecule has 0 atom stereocenters. The molecule has 3 rings (SSSR count). The van der Waals surface area contributed by atoms with E-state index in [9.17, 15) is 14.4 Å². The minimum Gasteiger partial charge on any atom is -0.494 e. The Morgan fingerprint density at radius 2 is 1.81 bits per heavy atom. The first-order chi connectivity index (χ1) is 15.4. The lowest BCUT2D eigenvalue weighted by molar-refractivity contribution is -0.112. The number of aryl methyl sites for hydroxylation is 2. The second-order valence-corrected chi connectivity index (χ2v) is 7.58. The maximum atomic E-state index is 13.8. The molecule has 0 unspecified atom stereocenters. The highest BCUT2D eigenvalue weighted by Gasteiger charge is 2.13. The van der Waals surface area contributed by atoms with E-state index in [-0.39, 0.29) is 11.3 Å². The van der Waals surface area contributed by atoms with Crippen molar-refractivity contribution in [3.05, 3.63) is 99.9 Å². The molecule has 32 heavy (non-hydrogen) atoms. The number of para-hydroxylation sites is 1. The average molecular weight is 429 g/mol. The first kappa shape index (κ1) is 22.8. The summed E-state index contributed by atoms with van der Waals surface area (Å²) in [7, 11) is 0. The third-order valence-electron chi connectivity index (χ3n) is 4.87. The van der Waals surface area contributed by atoms with Gasteiger partial charge in [-0.1, -0.05) is 53.6 Å². The van der Waals surface area contributed by atoms with Crippen LogP contribution in [0.2, 0.25) is 0 Å². The predicted octanol–water partition coefficient (Wildman–Crippen LogP) is 5.98. The van der Waals surface area contributed by atoms with Crippen LogP contribution in [0, 0.1) is 31.0 Å². The highest BCUT2D eigenvalue weighted by Crippen LogP contribution is 2.26. The Labute approximate surface area is 188 Å². The molecule has 0 spiro atoms. The van der Waals surface area contributed by atoms with Crippen LogP contribution in [-0.2, 0) is 11.2 Å². The monoisotopic (exact) mass is 428 g/mol. The lowest BCUT2D eigenvalue weighted by Gasteiger charge is -2.13. The summed E-state index contributed by atoms with van der Waals surface area (Å²) < 4.78 is 19.7. The number of anilines is 1. The van der Waals surface area contributed by atoms with E-state index in [1.165, 1.54) is 41.0 Å². The van der Waals surface area contributed by atoms with Crippen LogP contribution in [0.1, 0.15) is 34.7 Å². The maximum Gasteiger partial charge on any atom is 0.266 e. The normalized spacial score (nSPS) is 11.0. The van der Waals surface area contributed by atoms with Crippen molar-refractivity contribution in [2.45, 2.75) is 27.2 Å². The van der Waals surface area contributed by atoms with E-state index in [0.29, 0.717) is 24.3 Å². The van der Waals surface area contributed by atoms with Gasteiger partial charge in [0.25, 0.3) is 5.91 Å². The summed E-state index contributed by atoms with van der Waals surface area (Å²) in [5.41, 5.74) is 5.17. The Morgan fingerprint density at radius 3 is 2.47 bits per heavy atom. The van der Waals surface area contributed by atoms with Crippen LogP contribution in [0.4, 0.5) is 10.1 Å². The molecule has 0 heterocycles.